The molecule has 96 valence electrons. The van der Waals surface area contributed by atoms with Crippen LogP contribution in [0.4, 0.5) is 0 Å². The molecule has 2 rings (SSSR count). The number of carbonyl (C=O) groups is 2. The van der Waals surface area contributed by atoms with Gasteiger partial charge in [0, 0.05) is 18.4 Å². The fourth-order valence-corrected chi connectivity index (χ4v) is 3.13. The van der Waals surface area contributed by atoms with E-state index in [0.29, 0.717) is 0 Å². The number of esters is 1. The van der Waals surface area contributed by atoms with Crippen molar-refractivity contribution in [3.63, 3.8) is 0 Å². The first-order valence-electron chi connectivity index (χ1n) is 6.52. The maximum Gasteiger partial charge on any atom is 0.306 e. The third-order valence-corrected chi connectivity index (χ3v) is 4.25. The molecule has 17 heavy (non-hydrogen) atoms. The van der Waals surface area contributed by atoms with Gasteiger partial charge in [-0.1, -0.05) is 0 Å². The van der Waals surface area contributed by atoms with E-state index in [1.807, 2.05) is 6.92 Å². The molecule has 2 aliphatic heterocycles. The molecule has 0 aromatic carbocycles. The maximum absolute atomic E-state index is 11.5. The van der Waals surface area contributed by atoms with Crippen LogP contribution in [0.5, 0.6) is 0 Å². The van der Waals surface area contributed by atoms with Gasteiger partial charge >= 0.3 is 5.97 Å². The summed E-state index contributed by atoms with van der Waals surface area (Å²) in [5, 5.41) is 0. The second kappa shape index (κ2) is 5.17. The summed E-state index contributed by atoms with van der Waals surface area (Å²) in [5.41, 5.74) is 0.176. The van der Waals surface area contributed by atoms with Crippen molar-refractivity contribution in [2.45, 2.75) is 45.1 Å². The molecule has 0 amide bonds. The number of hydrogen-bond donors (Lipinski definition) is 0. The monoisotopic (exact) mass is 239 g/mol. The molecule has 2 saturated heterocycles. The highest BCUT2D eigenvalue weighted by Gasteiger charge is 2.46. The molecule has 4 heteroatoms. The molecule has 2 heterocycles. The molecule has 0 aromatic heterocycles. The molecule has 3 atom stereocenters. The maximum atomic E-state index is 11.5. The van der Waals surface area contributed by atoms with E-state index in [9.17, 15) is 9.59 Å². The van der Waals surface area contributed by atoms with Crippen LogP contribution in [-0.4, -0.2) is 42.9 Å². The zero-order valence-corrected chi connectivity index (χ0v) is 10.5. The Labute approximate surface area is 102 Å². The second-order valence-corrected chi connectivity index (χ2v) is 5.33. The molecular formula is C13H21NO3. The summed E-state index contributed by atoms with van der Waals surface area (Å²) in [5.74, 6) is -0.233. The summed E-state index contributed by atoms with van der Waals surface area (Å²) in [6.07, 6.45) is 4.73. The van der Waals surface area contributed by atoms with E-state index in [1.165, 1.54) is 13.0 Å². The van der Waals surface area contributed by atoms with Crippen LogP contribution in [0.25, 0.3) is 0 Å². The van der Waals surface area contributed by atoms with Gasteiger partial charge in [-0.15, -0.1) is 0 Å². The van der Waals surface area contributed by atoms with Crippen LogP contribution in [0.2, 0.25) is 0 Å². The number of carbonyl (C=O) groups excluding carboxylic acids is 2. The molecule has 0 radical (unpaired) electrons. The van der Waals surface area contributed by atoms with Gasteiger partial charge in [0.25, 0.3) is 0 Å². The lowest BCUT2D eigenvalue weighted by molar-refractivity contribution is -0.156. The van der Waals surface area contributed by atoms with Gasteiger partial charge in [-0.05, 0) is 39.3 Å². The number of aldehydes is 1. The Kier molecular flexibility index (Phi) is 3.82. The fourth-order valence-electron chi connectivity index (χ4n) is 3.13. The Balaban J connectivity index is 1.88. The van der Waals surface area contributed by atoms with E-state index in [0.717, 1.165) is 32.2 Å². The van der Waals surface area contributed by atoms with E-state index in [1.54, 1.807) is 0 Å². The molecule has 0 spiro atoms. The Morgan fingerprint density at radius 1 is 1.47 bits per heavy atom. The van der Waals surface area contributed by atoms with Crippen molar-refractivity contribution in [2.75, 3.05) is 19.6 Å². The summed E-state index contributed by atoms with van der Waals surface area (Å²) in [4.78, 5) is 24.2. The van der Waals surface area contributed by atoms with Gasteiger partial charge in [-0.25, -0.2) is 0 Å². The summed E-state index contributed by atoms with van der Waals surface area (Å²) in [6, 6.07) is 0. The predicted octanol–water partition coefficient (Wildman–Crippen LogP) is 1.38. The first kappa shape index (κ1) is 12.6. The summed E-state index contributed by atoms with van der Waals surface area (Å²) >= 11 is 0. The number of hydrogen-bond acceptors (Lipinski definition) is 4. The van der Waals surface area contributed by atoms with Crippen molar-refractivity contribution in [1.29, 1.82) is 0 Å². The Hall–Kier alpha value is -0.900. The van der Waals surface area contributed by atoms with Crippen LogP contribution in [0.1, 0.15) is 39.0 Å². The average molecular weight is 239 g/mol. The normalized spacial score (nSPS) is 33.1. The van der Waals surface area contributed by atoms with Crippen LogP contribution in [0.3, 0.4) is 0 Å². The molecule has 0 aliphatic carbocycles. The zero-order valence-electron chi connectivity index (χ0n) is 10.5. The standard InChI is InChI=1S/C13H21NO3/c1-11(17-12(16)4-2-9-15)13-5-3-7-14(10-13)8-6-13/h9,11H,2-8,10H2,1H3. The summed E-state index contributed by atoms with van der Waals surface area (Å²) in [7, 11) is 0. The number of rotatable bonds is 5. The van der Waals surface area contributed by atoms with Crippen LogP contribution >= 0.6 is 0 Å². The Morgan fingerprint density at radius 2 is 2.29 bits per heavy atom. The van der Waals surface area contributed by atoms with E-state index in [4.69, 9.17) is 4.74 Å². The molecule has 0 saturated carbocycles. The molecular weight excluding hydrogens is 218 g/mol. The van der Waals surface area contributed by atoms with Gasteiger partial charge in [0.05, 0.1) is 6.42 Å². The fraction of sp³-hybridized carbons (Fsp3) is 0.846. The van der Waals surface area contributed by atoms with Crippen molar-refractivity contribution >= 4 is 12.3 Å². The molecule has 3 unspecified atom stereocenters. The molecule has 2 aliphatic rings. The van der Waals surface area contributed by atoms with E-state index in [-0.39, 0.29) is 30.3 Å². The molecule has 0 N–H and O–H groups in total. The zero-order chi connectivity index (χ0) is 12.3. The minimum atomic E-state index is -0.233. The van der Waals surface area contributed by atoms with Crippen LogP contribution in [0, 0.1) is 5.41 Å². The lowest BCUT2D eigenvalue weighted by Crippen LogP contribution is -2.42. The van der Waals surface area contributed by atoms with Gasteiger partial charge in [0.2, 0.25) is 0 Å². The van der Waals surface area contributed by atoms with Crippen molar-refractivity contribution in [1.82, 2.24) is 4.90 Å². The van der Waals surface area contributed by atoms with Crippen molar-refractivity contribution in [3.8, 4) is 0 Å². The number of piperidine rings is 1. The SMILES string of the molecule is CC(OC(=O)CCC=O)C12CCCN(CC1)C2. The van der Waals surface area contributed by atoms with E-state index >= 15 is 0 Å². The Bertz CT molecular complexity index is 301. The third-order valence-electron chi connectivity index (χ3n) is 4.25. The van der Waals surface area contributed by atoms with Crippen LogP contribution in [-0.2, 0) is 14.3 Å². The van der Waals surface area contributed by atoms with Crippen molar-refractivity contribution in [3.05, 3.63) is 0 Å². The van der Waals surface area contributed by atoms with Crippen molar-refractivity contribution < 1.29 is 14.3 Å². The lowest BCUT2D eigenvalue weighted by atomic mass is 9.76. The number of ether oxygens (including phenoxy) is 1. The van der Waals surface area contributed by atoms with Gasteiger partial charge < -0.3 is 14.4 Å². The van der Waals surface area contributed by atoms with Crippen LogP contribution < -0.4 is 0 Å². The van der Waals surface area contributed by atoms with Gasteiger partial charge in [-0.3, -0.25) is 4.79 Å². The smallest absolute Gasteiger partial charge is 0.306 e. The lowest BCUT2D eigenvalue weighted by Gasteiger charge is -2.38. The number of fused-ring (bicyclic) bond motifs is 2. The van der Waals surface area contributed by atoms with Crippen molar-refractivity contribution in [2.24, 2.45) is 5.41 Å². The predicted molar refractivity (Wildman–Crippen MR) is 63.6 cm³/mol. The largest absolute Gasteiger partial charge is 0.462 e. The molecule has 2 bridgehead atoms. The quantitative estimate of drug-likeness (QED) is 0.537. The summed E-state index contributed by atoms with van der Waals surface area (Å²) in [6.45, 7) is 5.40. The highest BCUT2D eigenvalue weighted by atomic mass is 16.5. The highest BCUT2D eigenvalue weighted by molar-refractivity contribution is 5.72. The van der Waals surface area contributed by atoms with E-state index < -0.39 is 0 Å². The highest BCUT2D eigenvalue weighted by Crippen LogP contribution is 2.43. The van der Waals surface area contributed by atoms with Gasteiger partial charge in [0.1, 0.15) is 12.4 Å². The molecule has 2 fully saturated rings. The Morgan fingerprint density at radius 3 is 3.06 bits per heavy atom. The third kappa shape index (κ3) is 2.68. The minimum Gasteiger partial charge on any atom is -0.462 e. The van der Waals surface area contributed by atoms with Gasteiger partial charge in [-0.2, -0.15) is 0 Å². The number of nitrogens with zero attached hydrogens (tertiary/aromatic N) is 1. The average Bonchev–Trinajstić information content (AvgIpc) is 2.63. The van der Waals surface area contributed by atoms with Gasteiger partial charge in [0.15, 0.2) is 0 Å². The first-order valence-corrected chi connectivity index (χ1v) is 6.52. The van der Waals surface area contributed by atoms with E-state index in [2.05, 4.69) is 4.90 Å². The second-order valence-electron chi connectivity index (χ2n) is 5.33. The first-order chi connectivity index (χ1) is 8.16. The van der Waals surface area contributed by atoms with Crippen LogP contribution in [0.15, 0.2) is 0 Å². The topological polar surface area (TPSA) is 46.6 Å². The molecule has 0 aromatic rings. The molecule has 4 nitrogen and oxygen atoms in total. The summed E-state index contributed by atoms with van der Waals surface area (Å²) < 4.78 is 5.49. The minimum absolute atomic E-state index is 0.0213.